The first-order valence-electron chi connectivity index (χ1n) is 3.92. The molecule has 0 aliphatic heterocycles. The fourth-order valence-electron chi connectivity index (χ4n) is 1.09. The minimum Gasteiger partial charge on any atom is -0.496 e. The van der Waals surface area contributed by atoms with E-state index >= 15 is 0 Å². The number of carbonyl (C=O) groups excluding carboxylic acids is 1. The summed E-state index contributed by atoms with van der Waals surface area (Å²) in [5, 5.41) is -0.862. The van der Waals surface area contributed by atoms with Gasteiger partial charge in [0.2, 0.25) is 0 Å². The first-order valence-corrected chi connectivity index (χ1v) is 5.09. The average Bonchev–Trinajstić information content (AvgIpc) is 2.15. The number of ether oxygens (including phenoxy) is 1. The van der Waals surface area contributed by atoms with Crippen molar-refractivity contribution in [3.63, 3.8) is 0 Å². The van der Waals surface area contributed by atoms with Crippen LogP contribution in [0, 0.1) is 0 Å². The van der Waals surface area contributed by atoms with Crippen molar-refractivity contribution in [2.45, 2.75) is 6.18 Å². The van der Waals surface area contributed by atoms with Crippen LogP contribution < -0.4 is 4.74 Å². The van der Waals surface area contributed by atoms with Crippen LogP contribution in [0.4, 0.5) is 13.2 Å². The molecule has 1 aromatic carbocycles. The Bertz CT molecular complexity index is 431. The van der Waals surface area contributed by atoms with Crippen molar-refractivity contribution in [1.29, 1.82) is 0 Å². The van der Waals surface area contributed by atoms with Crippen molar-refractivity contribution in [2.24, 2.45) is 0 Å². The van der Waals surface area contributed by atoms with Crippen molar-refractivity contribution < 1.29 is 22.7 Å². The molecule has 0 saturated heterocycles. The topological polar surface area (TPSA) is 26.3 Å². The molecule has 0 amide bonds. The molecule has 16 heavy (non-hydrogen) atoms. The molecule has 0 heterocycles. The first-order chi connectivity index (χ1) is 7.27. The van der Waals surface area contributed by atoms with E-state index in [0.717, 1.165) is 19.2 Å². The number of halogens is 5. The maximum Gasteiger partial charge on any atom is 0.420 e. The number of alkyl halides is 3. The highest BCUT2D eigenvalue weighted by Gasteiger charge is 2.35. The molecule has 0 saturated carbocycles. The van der Waals surface area contributed by atoms with E-state index in [-0.39, 0.29) is 10.0 Å². The first kappa shape index (κ1) is 13.3. The van der Waals surface area contributed by atoms with Gasteiger partial charge in [-0.3, -0.25) is 4.79 Å². The van der Waals surface area contributed by atoms with Crippen LogP contribution in [-0.2, 0) is 6.18 Å². The predicted octanol–water partition coefficient (Wildman–Crippen LogP) is 3.86. The Kier molecular flexibility index (Phi) is 3.85. The molecule has 0 N–H and O–H groups in total. The van der Waals surface area contributed by atoms with Crippen molar-refractivity contribution in [2.75, 3.05) is 7.11 Å². The number of benzene rings is 1. The molecule has 0 unspecified atom stereocenters. The van der Waals surface area contributed by atoms with Crippen LogP contribution in [0.3, 0.4) is 0 Å². The molecule has 0 aliphatic rings. The van der Waals surface area contributed by atoms with Gasteiger partial charge in [-0.2, -0.15) is 13.2 Å². The summed E-state index contributed by atoms with van der Waals surface area (Å²) in [7, 11) is 1.08. The van der Waals surface area contributed by atoms with Crippen molar-refractivity contribution >= 4 is 32.8 Å². The monoisotopic (exact) mass is 316 g/mol. The lowest BCUT2D eigenvalue weighted by atomic mass is 10.1. The number of hydrogen-bond donors (Lipinski definition) is 0. The maximum atomic E-state index is 12.5. The van der Waals surface area contributed by atoms with E-state index in [2.05, 4.69) is 20.7 Å². The molecule has 1 aromatic rings. The summed E-state index contributed by atoms with van der Waals surface area (Å²) in [6, 6.07) is 1.71. The second kappa shape index (κ2) is 4.63. The molecule has 7 heteroatoms. The highest BCUT2D eigenvalue weighted by atomic mass is 79.9. The molecular weight excluding hydrogens is 312 g/mol. The van der Waals surface area contributed by atoms with Gasteiger partial charge in [0, 0.05) is 4.47 Å². The van der Waals surface area contributed by atoms with Gasteiger partial charge in [-0.05, 0) is 39.7 Å². The molecule has 0 aromatic heterocycles. The Morgan fingerprint density at radius 3 is 2.38 bits per heavy atom. The number of hydrogen-bond acceptors (Lipinski definition) is 2. The van der Waals surface area contributed by atoms with E-state index in [4.69, 9.17) is 11.6 Å². The van der Waals surface area contributed by atoms with Gasteiger partial charge >= 0.3 is 6.18 Å². The summed E-state index contributed by atoms with van der Waals surface area (Å²) in [5.74, 6) is -0.445. The van der Waals surface area contributed by atoms with Gasteiger partial charge in [-0.15, -0.1) is 0 Å². The van der Waals surface area contributed by atoms with Crippen LogP contribution in [-0.4, -0.2) is 12.4 Å². The molecule has 0 aliphatic carbocycles. The van der Waals surface area contributed by atoms with Crippen LogP contribution in [0.5, 0.6) is 5.75 Å². The summed E-state index contributed by atoms with van der Waals surface area (Å²) >= 11 is 8.04. The van der Waals surface area contributed by atoms with Gasteiger partial charge in [0.1, 0.15) is 5.75 Å². The summed E-state index contributed by atoms with van der Waals surface area (Å²) in [4.78, 5) is 10.9. The minimum absolute atomic E-state index is 0.0272. The zero-order valence-electron chi connectivity index (χ0n) is 7.86. The molecule has 0 atom stereocenters. The van der Waals surface area contributed by atoms with E-state index in [1.54, 1.807) is 0 Å². The molecule has 0 fully saturated rings. The van der Waals surface area contributed by atoms with Crippen LogP contribution in [0.2, 0.25) is 0 Å². The van der Waals surface area contributed by atoms with Gasteiger partial charge < -0.3 is 4.74 Å². The Labute approximate surface area is 102 Å². The molecule has 0 radical (unpaired) electrons. The second-order valence-electron chi connectivity index (χ2n) is 2.80. The zero-order chi connectivity index (χ0) is 12.5. The molecule has 0 bridgehead atoms. The zero-order valence-corrected chi connectivity index (χ0v) is 10.2. The summed E-state index contributed by atoms with van der Waals surface area (Å²) in [6.07, 6.45) is -4.55. The van der Waals surface area contributed by atoms with Crippen molar-refractivity contribution in [3.8, 4) is 5.75 Å². The highest BCUT2D eigenvalue weighted by Crippen LogP contribution is 2.39. The standard InChI is InChI=1S/C9H5BrClF3O2/c1-16-7-2-4(8(11)15)6(10)3-5(7)9(12,13)14/h2-3H,1H3. The van der Waals surface area contributed by atoms with Gasteiger partial charge in [-0.1, -0.05) is 0 Å². The fourth-order valence-corrected chi connectivity index (χ4v) is 1.89. The molecule has 1 rings (SSSR count). The average molecular weight is 317 g/mol. The van der Waals surface area contributed by atoms with E-state index in [0.29, 0.717) is 0 Å². The fraction of sp³-hybridized carbons (Fsp3) is 0.222. The molecule has 0 spiro atoms. The van der Waals surface area contributed by atoms with E-state index in [1.165, 1.54) is 0 Å². The molecule has 2 nitrogen and oxygen atoms in total. The minimum atomic E-state index is -4.55. The van der Waals surface area contributed by atoms with Crippen LogP contribution in [0.15, 0.2) is 16.6 Å². The largest absolute Gasteiger partial charge is 0.496 e. The Morgan fingerprint density at radius 1 is 1.44 bits per heavy atom. The number of methoxy groups -OCH3 is 1. The van der Waals surface area contributed by atoms with Gasteiger partial charge in [0.15, 0.2) is 0 Å². The summed E-state index contributed by atoms with van der Waals surface area (Å²) in [6.45, 7) is 0. The Hall–Kier alpha value is -0.750. The lowest BCUT2D eigenvalue weighted by Crippen LogP contribution is -2.09. The summed E-state index contributed by atoms with van der Waals surface area (Å²) in [5.41, 5.74) is -1.05. The quantitative estimate of drug-likeness (QED) is 0.774. The van der Waals surface area contributed by atoms with Crippen LogP contribution in [0.1, 0.15) is 15.9 Å². The van der Waals surface area contributed by atoms with E-state index in [1.807, 2.05) is 0 Å². The number of rotatable bonds is 2. The van der Waals surface area contributed by atoms with E-state index in [9.17, 15) is 18.0 Å². The van der Waals surface area contributed by atoms with Crippen LogP contribution in [0.25, 0.3) is 0 Å². The van der Waals surface area contributed by atoms with Crippen LogP contribution >= 0.6 is 27.5 Å². The third kappa shape index (κ3) is 2.68. The highest BCUT2D eigenvalue weighted by molar-refractivity contribution is 9.10. The van der Waals surface area contributed by atoms with E-state index < -0.39 is 22.7 Å². The Balaban J connectivity index is 3.44. The molecular formula is C9H5BrClF3O2. The third-order valence-electron chi connectivity index (χ3n) is 1.81. The lowest BCUT2D eigenvalue weighted by molar-refractivity contribution is -0.138. The SMILES string of the molecule is COc1cc(C(=O)Cl)c(Br)cc1C(F)(F)F. The van der Waals surface area contributed by atoms with Crippen molar-refractivity contribution in [1.82, 2.24) is 0 Å². The van der Waals surface area contributed by atoms with Crippen molar-refractivity contribution in [3.05, 3.63) is 27.7 Å². The summed E-state index contributed by atoms with van der Waals surface area (Å²) < 4.78 is 42.1. The van der Waals surface area contributed by atoms with Gasteiger partial charge in [0.05, 0.1) is 18.2 Å². The normalized spacial score (nSPS) is 11.4. The van der Waals surface area contributed by atoms with Gasteiger partial charge in [0.25, 0.3) is 5.24 Å². The second-order valence-corrected chi connectivity index (χ2v) is 4.00. The smallest absolute Gasteiger partial charge is 0.420 e. The lowest BCUT2D eigenvalue weighted by Gasteiger charge is -2.13. The Morgan fingerprint density at radius 2 is 2.00 bits per heavy atom. The third-order valence-corrected chi connectivity index (χ3v) is 2.67. The van der Waals surface area contributed by atoms with Gasteiger partial charge in [-0.25, -0.2) is 0 Å². The number of carbonyl (C=O) groups is 1. The molecule has 88 valence electrons. The maximum absolute atomic E-state index is 12.5. The predicted molar refractivity (Wildman–Crippen MR) is 55.9 cm³/mol.